The molecule has 118 valence electrons. The summed E-state index contributed by atoms with van der Waals surface area (Å²) in [5.74, 6) is 3.06. The van der Waals surface area contributed by atoms with Crippen LogP contribution >= 0.6 is 0 Å². The molecular weight excluding hydrogens is 286 g/mol. The van der Waals surface area contributed by atoms with Crippen molar-refractivity contribution in [2.75, 3.05) is 23.4 Å². The van der Waals surface area contributed by atoms with Gasteiger partial charge >= 0.3 is 0 Å². The van der Waals surface area contributed by atoms with E-state index in [1.807, 2.05) is 6.07 Å². The van der Waals surface area contributed by atoms with Gasteiger partial charge in [0, 0.05) is 24.2 Å². The second kappa shape index (κ2) is 6.30. The van der Waals surface area contributed by atoms with Gasteiger partial charge in [0.05, 0.1) is 11.5 Å². The lowest BCUT2D eigenvalue weighted by molar-refractivity contribution is 0.595. The third kappa shape index (κ3) is 4.40. The van der Waals surface area contributed by atoms with Crippen LogP contribution in [0.1, 0.15) is 57.5 Å². The van der Waals surface area contributed by atoms with Gasteiger partial charge in [-0.3, -0.25) is 0 Å². The number of nitrogens with zero attached hydrogens (tertiary/aromatic N) is 2. The normalized spacial score (nSPS) is 21.1. The molecule has 1 aromatic heterocycles. The zero-order valence-electron chi connectivity index (χ0n) is 13.3. The Hall–Kier alpha value is -1.17. The third-order valence-corrected chi connectivity index (χ3v) is 5.61. The first-order valence-electron chi connectivity index (χ1n) is 7.60. The zero-order valence-corrected chi connectivity index (χ0v) is 14.1. The van der Waals surface area contributed by atoms with E-state index in [-0.39, 0.29) is 11.8 Å². The molecular formula is C15H25N3O2S. The summed E-state index contributed by atoms with van der Waals surface area (Å²) in [4.78, 5) is 9.13. The van der Waals surface area contributed by atoms with Crippen LogP contribution in [0.4, 0.5) is 5.82 Å². The van der Waals surface area contributed by atoms with Crippen molar-refractivity contribution >= 4 is 15.7 Å². The molecule has 0 unspecified atom stereocenters. The Bertz CT molecular complexity index is 571. The zero-order chi connectivity index (χ0) is 15.6. The second-order valence-corrected chi connectivity index (χ2v) is 8.72. The molecule has 0 radical (unpaired) electrons. The summed E-state index contributed by atoms with van der Waals surface area (Å²) in [7, 11) is -2.82. The van der Waals surface area contributed by atoms with Gasteiger partial charge in [0.15, 0.2) is 9.84 Å². The Balaban J connectivity index is 2.09. The molecule has 0 amide bonds. The smallest absolute Gasteiger partial charge is 0.150 e. The van der Waals surface area contributed by atoms with E-state index in [2.05, 4.69) is 43.0 Å². The van der Waals surface area contributed by atoms with Gasteiger partial charge in [-0.15, -0.1) is 0 Å². The fraction of sp³-hybridized carbons (Fsp3) is 0.733. The Kier molecular flexibility index (Phi) is 4.86. The summed E-state index contributed by atoms with van der Waals surface area (Å²) in [6, 6.07) is 1.97. The molecule has 0 spiro atoms. The van der Waals surface area contributed by atoms with E-state index in [1.165, 1.54) is 0 Å². The molecule has 1 aliphatic heterocycles. The van der Waals surface area contributed by atoms with E-state index in [1.54, 1.807) is 0 Å². The molecule has 2 heterocycles. The summed E-state index contributed by atoms with van der Waals surface area (Å²) < 4.78 is 23.0. The van der Waals surface area contributed by atoms with E-state index in [0.29, 0.717) is 24.0 Å². The number of hydrogen-bond acceptors (Lipinski definition) is 5. The molecule has 1 aliphatic rings. The van der Waals surface area contributed by atoms with Gasteiger partial charge < -0.3 is 5.32 Å². The van der Waals surface area contributed by atoms with E-state index >= 15 is 0 Å². The van der Waals surface area contributed by atoms with Gasteiger partial charge in [-0.05, 0) is 18.3 Å². The first-order valence-corrected chi connectivity index (χ1v) is 9.42. The van der Waals surface area contributed by atoms with Crippen molar-refractivity contribution in [3.63, 3.8) is 0 Å². The minimum Gasteiger partial charge on any atom is -0.370 e. The van der Waals surface area contributed by atoms with Gasteiger partial charge in [-0.2, -0.15) is 0 Å². The van der Waals surface area contributed by atoms with Gasteiger partial charge in [-0.25, -0.2) is 18.4 Å². The average molecular weight is 311 g/mol. The van der Waals surface area contributed by atoms with Crippen LogP contribution in [0.2, 0.25) is 0 Å². The van der Waals surface area contributed by atoms with Crippen molar-refractivity contribution in [2.24, 2.45) is 5.92 Å². The van der Waals surface area contributed by atoms with Crippen LogP contribution < -0.4 is 5.32 Å². The topological polar surface area (TPSA) is 72.0 Å². The van der Waals surface area contributed by atoms with Crippen molar-refractivity contribution in [2.45, 2.75) is 46.0 Å². The van der Waals surface area contributed by atoms with Crippen LogP contribution in [0.15, 0.2) is 6.07 Å². The molecule has 6 heteroatoms. The van der Waals surface area contributed by atoms with E-state index in [9.17, 15) is 8.42 Å². The van der Waals surface area contributed by atoms with E-state index in [0.717, 1.165) is 23.8 Å². The van der Waals surface area contributed by atoms with Crippen LogP contribution in [0.5, 0.6) is 0 Å². The van der Waals surface area contributed by atoms with E-state index in [4.69, 9.17) is 0 Å². The largest absolute Gasteiger partial charge is 0.370 e. The van der Waals surface area contributed by atoms with Crippen LogP contribution in [-0.4, -0.2) is 36.4 Å². The maximum atomic E-state index is 11.5. The van der Waals surface area contributed by atoms with Crippen LogP contribution in [0.3, 0.4) is 0 Å². The number of aromatic nitrogens is 2. The lowest BCUT2D eigenvalue weighted by atomic mass is 10.1. The number of nitrogens with one attached hydrogen (secondary N) is 1. The molecule has 21 heavy (non-hydrogen) atoms. The van der Waals surface area contributed by atoms with E-state index < -0.39 is 9.84 Å². The first-order chi connectivity index (χ1) is 9.77. The molecule has 5 nitrogen and oxygen atoms in total. The number of sulfone groups is 1. The molecule has 0 bridgehead atoms. The average Bonchev–Trinajstić information content (AvgIpc) is 2.75. The highest BCUT2D eigenvalue weighted by atomic mass is 32.2. The SMILES string of the molecule is CC(C)c1cc(NC[C@@H]2CCS(=O)(=O)C2)nc(C(C)C)n1. The quantitative estimate of drug-likeness (QED) is 0.905. The summed E-state index contributed by atoms with van der Waals surface area (Å²) in [5.41, 5.74) is 1.02. The molecule has 2 rings (SSSR count). The first kappa shape index (κ1) is 16.2. The van der Waals surface area contributed by atoms with Crippen molar-refractivity contribution in [1.82, 2.24) is 9.97 Å². The number of hydrogen-bond donors (Lipinski definition) is 1. The summed E-state index contributed by atoms with van der Waals surface area (Å²) in [6.45, 7) is 9.03. The minimum atomic E-state index is -2.82. The third-order valence-electron chi connectivity index (χ3n) is 3.77. The minimum absolute atomic E-state index is 0.190. The molecule has 0 saturated carbocycles. The lowest BCUT2D eigenvalue weighted by Gasteiger charge is -2.15. The lowest BCUT2D eigenvalue weighted by Crippen LogP contribution is -2.17. The highest BCUT2D eigenvalue weighted by Gasteiger charge is 2.27. The molecule has 1 atom stereocenters. The van der Waals surface area contributed by atoms with Crippen molar-refractivity contribution < 1.29 is 8.42 Å². The monoisotopic (exact) mass is 311 g/mol. The fourth-order valence-corrected chi connectivity index (χ4v) is 4.27. The Labute approximate surface area is 127 Å². The van der Waals surface area contributed by atoms with Gasteiger partial charge in [0.1, 0.15) is 11.6 Å². The van der Waals surface area contributed by atoms with Crippen LogP contribution in [0, 0.1) is 5.92 Å². The predicted molar refractivity (Wildman–Crippen MR) is 85.5 cm³/mol. The molecule has 0 aromatic carbocycles. The van der Waals surface area contributed by atoms with Gasteiger partial charge in [-0.1, -0.05) is 27.7 Å². The Morgan fingerprint density at radius 2 is 1.95 bits per heavy atom. The molecule has 1 fully saturated rings. The summed E-state index contributed by atoms with van der Waals surface area (Å²) >= 11 is 0. The van der Waals surface area contributed by atoms with Crippen molar-refractivity contribution in [3.05, 3.63) is 17.6 Å². The summed E-state index contributed by atoms with van der Waals surface area (Å²) in [5, 5.41) is 3.30. The molecule has 0 aliphatic carbocycles. The highest BCUT2D eigenvalue weighted by molar-refractivity contribution is 7.91. The van der Waals surface area contributed by atoms with Crippen molar-refractivity contribution in [3.8, 4) is 0 Å². The molecule has 1 aromatic rings. The second-order valence-electron chi connectivity index (χ2n) is 6.50. The highest BCUT2D eigenvalue weighted by Crippen LogP contribution is 2.22. The van der Waals surface area contributed by atoms with Crippen LogP contribution in [0.25, 0.3) is 0 Å². The number of rotatable bonds is 5. The Morgan fingerprint density at radius 3 is 2.48 bits per heavy atom. The Morgan fingerprint density at radius 1 is 1.24 bits per heavy atom. The standard InChI is InChI=1S/C15H25N3O2S/c1-10(2)13-7-14(18-15(17-13)11(3)4)16-8-12-5-6-21(19,20)9-12/h7,10-12H,5-6,8-9H2,1-4H3,(H,16,17,18)/t12-/m0/s1. The maximum Gasteiger partial charge on any atom is 0.150 e. The van der Waals surface area contributed by atoms with Gasteiger partial charge in [0.25, 0.3) is 0 Å². The molecule has 1 N–H and O–H groups in total. The summed E-state index contributed by atoms with van der Waals surface area (Å²) in [6.07, 6.45) is 0.745. The predicted octanol–water partition coefficient (Wildman–Crippen LogP) is 2.57. The maximum absolute atomic E-state index is 11.5. The van der Waals surface area contributed by atoms with Crippen molar-refractivity contribution in [1.29, 1.82) is 0 Å². The number of anilines is 1. The van der Waals surface area contributed by atoms with Gasteiger partial charge in [0.2, 0.25) is 0 Å². The van der Waals surface area contributed by atoms with Crippen LogP contribution in [-0.2, 0) is 9.84 Å². The molecule has 1 saturated heterocycles. The fourth-order valence-electron chi connectivity index (χ4n) is 2.41.